The number of hydrogen-bond acceptors (Lipinski definition) is 5. The van der Waals surface area contributed by atoms with Gasteiger partial charge in [-0.3, -0.25) is 4.79 Å². The number of carbonyl (C=O) groups is 3. The molecule has 0 bridgehead atoms. The van der Waals surface area contributed by atoms with Gasteiger partial charge in [-0.1, -0.05) is 12.1 Å². The van der Waals surface area contributed by atoms with E-state index in [9.17, 15) is 19.5 Å². The summed E-state index contributed by atoms with van der Waals surface area (Å²) in [6.45, 7) is 4.96. The minimum absolute atomic E-state index is 0.0232. The SMILES string of the molecule is CC(C)(C)OC(=O)N[C@@H](Cc1ccc(O)cc1)C(=O)C(=O)O. The first-order valence-electron chi connectivity index (χ1n) is 6.63. The van der Waals surface area contributed by atoms with Crippen LogP contribution in [-0.4, -0.2) is 39.7 Å². The van der Waals surface area contributed by atoms with Gasteiger partial charge in [-0.2, -0.15) is 0 Å². The molecule has 3 N–H and O–H groups in total. The van der Waals surface area contributed by atoms with Crippen LogP contribution in [0.1, 0.15) is 26.3 Å². The zero-order chi connectivity index (χ0) is 16.9. The van der Waals surface area contributed by atoms with Crippen molar-refractivity contribution < 1.29 is 29.3 Å². The number of carboxylic acids is 1. The van der Waals surface area contributed by atoms with Crippen molar-refractivity contribution in [1.29, 1.82) is 0 Å². The molecule has 22 heavy (non-hydrogen) atoms. The summed E-state index contributed by atoms with van der Waals surface area (Å²) in [6.07, 6.45) is -0.893. The maximum absolute atomic E-state index is 11.7. The van der Waals surface area contributed by atoms with Gasteiger partial charge >= 0.3 is 12.1 Å². The molecule has 1 amide bonds. The number of nitrogens with one attached hydrogen (secondary N) is 1. The van der Waals surface area contributed by atoms with Crippen molar-refractivity contribution in [3.63, 3.8) is 0 Å². The number of phenols is 1. The molecule has 7 nitrogen and oxygen atoms in total. The molecule has 0 unspecified atom stereocenters. The summed E-state index contributed by atoms with van der Waals surface area (Å²) in [5.74, 6) is -2.73. The van der Waals surface area contributed by atoms with E-state index in [0.29, 0.717) is 5.56 Å². The average molecular weight is 309 g/mol. The standard InChI is InChI=1S/C15H19NO6/c1-15(2,3)22-14(21)16-11(12(18)13(19)20)8-9-4-6-10(17)7-5-9/h4-7,11,17H,8H2,1-3H3,(H,16,21)(H,19,20)/t11-/m0/s1. The van der Waals surface area contributed by atoms with E-state index in [0.717, 1.165) is 0 Å². The van der Waals surface area contributed by atoms with Gasteiger partial charge in [-0.15, -0.1) is 0 Å². The lowest BCUT2D eigenvalue weighted by Gasteiger charge is -2.22. The minimum atomic E-state index is -1.64. The highest BCUT2D eigenvalue weighted by Gasteiger charge is 2.28. The zero-order valence-electron chi connectivity index (χ0n) is 12.6. The van der Waals surface area contributed by atoms with E-state index in [-0.39, 0.29) is 12.2 Å². The molecule has 0 fully saturated rings. The molecule has 0 aliphatic carbocycles. The van der Waals surface area contributed by atoms with Gasteiger partial charge in [0.2, 0.25) is 0 Å². The number of alkyl carbamates (subject to hydrolysis) is 1. The number of carboxylic acid groups (broad SMARTS) is 1. The van der Waals surface area contributed by atoms with Gasteiger partial charge in [-0.25, -0.2) is 9.59 Å². The number of Topliss-reactive ketones (excluding diaryl/α,β-unsaturated/α-hetero) is 1. The first kappa shape index (κ1) is 17.5. The molecule has 0 aromatic heterocycles. The van der Waals surface area contributed by atoms with Crippen LogP contribution in [0.5, 0.6) is 5.75 Å². The fourth-order valence-electron chi connectivity index (χ4n) is 1.68. The van der Waals surface area contributed by atoms with Gasteiger partial charge in [0, 0.05) is 6.42 Å². The van der Waals surface area contributed by atoms with Crippen molar-refractivity contribution in [2.45, 2.75) is 38.8 Å². The van der Waals surface area contributed by atoms with Crippen LogP contribution in [0.3, 0.4) is 0 Å². The average Bonchev–Trinajstić information content (AvgIpc) is 2.37. The van der Waals surface area contributed by atoms with Gasteiger partial charge in [0.1, 0.15) is 17.4 Å². The van der Waals surface area contributed by atoms with Crippen molar-refractivity contribution in [2.75, 3.05) is 0 Å². The third-order valence-electron chi connectivity index (χ3n) is 2.59. The molecule has 7 heteroatoms. The molecule has 0 aliphatic heterocycles. The highest BCUT2D eigenvalue weighted by Crippen LogP contribution is 2.12. The first-order valence-corrected chi connectivity index (χ1v) is 6.63. The van der Waals surface area contributed by atoms with Gasteiger partial charge < -0.3 is 20.3 Å². The van der Waals surface area contributed by atoms with Gasteiger partial charge in [0.15, 0.2) is 0 Å². The number of hydrogen-bond donors (Lipinski definition) is 3. The summed E-state index contributed by atoms with van der Waals surface area (Å²) < 4.78 is 5.02. The minimum Gasteiger partial charge on any atom is -0.508 e. The van der Waals surface area contributed by atoms with E-state index < -0.39 is 29.5 Å². The zero-order valence-corrected chi connectivity index (χ0v) is 12.6. The molecular weight excluding hydrogens is 290 g/mol. The van der Waals surface area contributed by atoms with E-state index in [1.54, 1.807) is 20.8 Å². The molecule has 1 aromatic rings. The Bertz CT molecular complexity index is 558. The number of carbonyl (C=O) groups excluding carboxylic acids is 2. The van der Waals surface area contributed by atoms with Crippen LogP contribution < -0.4 is 5.32 Å². The lowest BCUT2D eigenvalue weighted by Crippen LogP contribution is -2.47. The Morgan fingerprint density at radius 2 is 1.73 bits per heavy atom. The largest absolute Gasteiger partial charge is 0.508 e. The van der Waals surface area contributed by atoms with Crippen LogP contribution in [0.4, 0.5) is 4.79 Å². The van der Waals surface area contributed by atoms with E-state index >= 15 is 0 Å². The number of phenolic OH excluding ortho intramolecular Hbond substituents is 1. The Labute approximate surface area is 127 Å². The topological polar surface area (TPSA) is 113 Å². The second-order valence-corrected chi connectivity index (χ2v) is 5.74. The Hall–Kier alpha value is -2.57. The Morgan fingerprint density at radius 3 is 2.18 bits per heavy atom. The number of amides is 1. The van der Waals surface area contributed by atoms with Gasteiger partial charge in [0.25, 0.3) is 5.78 Å². The van der Waals surface area contributed by atoms with Crippen LogP contribution in [-0.2, 0) is 20.7 Å². The van der Waals surface area contributed by atoms with Gasteiger partial charge in [0.05, 0.1) is 0 Å². The highest BCUT2D eigenvalue weighted by atomic mass is 16.6. The number of ether oxygens (including phenoxy) is 1. The molecule has 1 aromatic carbocycles. The van der Waals surface area contributed by atoms with Crippen molar-refractivity contribution in [2.24, 2.45) is 0 Å². The van der Waals surface area contributed by atoms with Crippen LogP contribution >= 0.6 is 0 Å². The smallest absolute Gasteiger partial charge is 0.408 e. The van der Waals surface area contributed by atoms with Crippen molar-refractivity contribution in [3.05, 3.63) is 29.8 Å². The molecule has 120 valence electrons. The van der Waals surface area contributed by atoms with E-state index in [4.69, 9.17) is 9.84 Å². The Kier molecular flexibility index (Phi) is 5.50. The lowest BCUT2D eigenvalue weighted by molar-refractivity contribution is -0.150. The Morgan fingerprint density at radius 1 is 1.18 bits per heavy atom. The molecule has 0 saturated carbocycles. The quantitative estimate of drug-likeness (QED) is 0.710. The first-order chi connectivity index (χ1) is 10.1. The van der Waals surface area contributed by atoms with Crippen molar-refractivity contribution in [1.82, 2.24) is 5.32 Å². The molecule has 0 saturated heterocycles. The maximum Gasteiger partial charge on any atom is 0.408 e. The summed E-state index contributed by atoms with van der Waals surface area (Å²) in [6, 6.07) is 4.63. The maximum atomic E-state index is 11.7. The van der Waals surface area contributed by atoms with E-state index in [2.05, 4.69) is 5.32 Å². The van der Waals surface area contributed by atoms with Crippen molar-refractivity contribution >= 4 is 17.8 Å². The molecule has 1 atom stereocenters. The summed E-state index contributed by atoms with van der Waals surface area (Å²) in [5, 5.41) is 20.3. The second kappa shape index (κ2) is 6.93. The monoisotopic (exact) mass is 309 g/mol. The fraction of sp³-hybridized carbons (Fsp3) is 0.400. The van der Waals surface area contributed by atoms with E-state index in [1.807, 2.05) is 0 Å². The molecule has 0 spiro atoms. The lowest BCUT2D eigenvalue weighted by atomic mass is 10.0. The normalized spacial score (nSPS) is 12.3. The number of ketones is 1. The number of benzene rings is 1. The number of rotatable bonds is 5. The second-order valence-electron chi connectivity index (χ2n) is 5.74. The van der Waals surface area contributed by atoms with Crippen LogP contribution in [0.15, 0.2) is 24.3 Å². The van der Waals surface area contributed by atoms with Crippen LogP contribution in [0, 0.1) is 0 Å². The van der Waals surface area contributed by atoms with E-state index in [1.165, 1.54) is 24.3 Å². The van der Waals surface area contributed by atoms with Crippen LogP contribution in [0.25, 0.3) is 0 Å². The van der Waals surface area contributed by atoms with Gasteiger partial charge in [-0.05, 0) is 38.5 Å². The third-order valence-corrected chi connectivity index (χ3v) is 2.59. The summed E-state index contributed by atoms with van der Waals surface area (Å²) in [5.41, 5.74) is -0.173. The number of aromatic hydroxyl groups is 1. The van der Waals surface area contributed by atoms with Crippen LogP contribution in [0.2, 0.25) is 0 Å². The highest BCUT2D eigenvalue weighted by molar-refractivity contribution is 6.35. The Balaban J connectivity index is 2.84. The molecule has 0 aliphatic rings. The summed E-state index contributed by atoms with van der Waals surface area (Å²) in [7, 11) is 0. The van der Waals surface area contributed by atoms with Crippen molar-refractivity contribution in [3.8, 4) is 5.75 Å². The molecule has 0 radical (unpaired) electrons. The third kappa shape index (κ3) is 5.82. The molecule has 1 rings (SSSR count). The predicted octanol–water partition coefficient (Wildman–Crippen LogP) is 1.48. The molecular formula is C15H19NO6. The summed E-state index contributed by atoms with van der Waals surface area (Å²) >= 11 is 0. The molecule has 0 heterocycles. The fourth-order valence-corrected chi connectivity index (χ4v) is 1.68. The summed E-state index contributed by atoms with van der Waals surface area (Å²) in [4.78, 5) is 34.3. The predicted molar refractivity (Wildman–Crippen MR) is 77.6 cm³/mol. The number of aliphatic carboxylic acids is 1.